The van der Waals surface area contributed by atoms with E-state index in [0.29, 0.717) is 30.5 Å². The van der Waals surface area contributed by atoms with Crippen molar-refractivity contribution in [2.45, 2.75) is 13.1 Å². The molecule has 0 aliphatic carbocycles. The van der Waals surface area contributed by atoms with Gasteiger partial charge in [0, 0.05) is 30.5 Å². The zero-order chi connectivity index (χ0) is 24.3. The topological polar surface area (TPSA) is 96.0 Å². The third-order valence-corrected chi connectivity index (χ3v) is 6.02. The summed E-state index contributed by atoms with van der Waals surface area (Å²) in [5.74, 6) is 1.85. The molecule has 0 bridgehead atoms. The molecule has 5 aromatic rings. The lowest BCUT2D eigenvalue weighted by Crippen LogP contribution is -2.28. The maximum absolute atomic E-state index is 12.6. The molecule has 8 nitrogen and oxygen atoms in total. The number of aromatic nitrogens is 4. The second-order valence-electron chi connectivity index (χ2n) is 8.45. The first kappa shape index (κ1) is 21.5. The molecule has 0 unspecified atom stereocenters. The van der Waals surface area contributed by atoms with Crippen molar-refractivity contribution in [1.82, 2.24) is 24.8 Å². The van der Waals surface area contributed by atoms with Crippen LogP contribution in [0.3, 0.4) is 0 Å². The Morgan fingerprint density at radius 3 is 2.53 bits per heavy atom. The van der Waals surface area contributed by atoms with Crippen molar-refractivity contribution in [3.05, 3.63) is 109 Å². The van der Waals surface area contributed by atoms with Gasteiger partial charge in [0.1, 0.15) is 11.6 Å². The summed E-state index contributed by atoms with van der Waals surface area (Å²) in [7, 11) is 0. The number of benzene rings is 3. The lowest BCUT2D eigenvalue weighted by atomic mass is 10.1. The maximum atomic E-state index is 12.6. The van der Waals surface area contributed by atoms with Crippen LogP contribution in [-0.4, -0.2) is 30.9 Å². The standard InChI is InChI=1S/C28H22N6O2/c35-28(36-24-4-2-1-3-5-24)34-16-21-7-6-20(14-22(21)17-34)27-30-13-12-26(33-27)32-23-10-8-19(9-11-23)25-15-29-18-31-25/h1-15,18H,16-17H2,(H,29,31)(H,30,32,33). The van der Waals surface area contributed by atoms with Crippen molar-refractivity contribution in [3.63, 3.8) is 0 Å². The minimum absolute atomic E-state index is 0.361. The number of fused-ring (bicyclic) bond motifs is 1. The number of para-hydroxylation sites is 1. The minimum atomic E-state index is -0.361. The highest BCUT2D eigenvalue weighted by atomic mass is 16.6. The first-order valence-corrected chi connectivity index (χ1v) is 11.5. The number of ether oxygens (including phenoxy) is 1. The number of H-pyrrole nitrogens is 1. The number of hydrogen-bond donors (Lipinski definition) is 2. The first-order chi connectivity index (χ1) is 17.7. The summed E-state index contributed by atoms with van der Waals surface area (Å²) in [6, 6.07) is 25.0. The van der Waals surface area contributed by atoms with E-state index in [0.717, 1.165) is 33.6 Å². The van der Waals surface area contributed by atoms with Crippen LogP contribution in [0.4, 0.5) is 16.3 Å². The highest BCUT2D eigenvalue weighted by Gasteiger charge is 2.25. The van der Waals surface area contributed by atoms with Crippen molar-refractivity contribution < 1.29 is 9.53 Å². The molecule has 3 aromatic carbocycles. The molecule has 0 fully saturated rings. The number of hydrogen-bond acceptors (Lipinski definition) is 6. The van der Waals surface area contributed by atoms with Crippen LogP contribution in [0.2, 0.25) is 0 Å². The van der Waals surface area contributed by atoms with E-state index in [1.54, 1.807) is 35.8 Å². The molecule has 1 aliphatic rings. The van der Waals surface area contributed by atoms with Gasteiger partial charge in [0.25, 0.3) is 0 Å². The highest BCUT2D eigenvalue weighted by Crippen LogP contribution is 2.29. The predicted octanol–water partition coefficient (Wildman–Crippen LogP) is 5.79. The van der Waals surface area contributed by atoms with Crippen LogP contribution in [0.1, 0.15) is 11.1 Å². The van der Waals surface area contributed by atoms with Crippen molar-refractivity contribution in [2.24, 2.45) is 0 Å². The van der Waals surface area contributed by atoms with E-state index in [-0.39, 0.29) is 6.09 Å². The highest BCUT2D eigenvalue weighted by molar-refractivity contribution is 5.72. The van der Waals surface area contributed by atoms with E-state index in [9.17, 15) is 4.79 Å². The average Bonchev–Trinajstić information content (AvgIpc) is 3.60. The fraction of sp³-hybridized carbons (Fsp3) is 0.0714. The summed E-state index contributed by atoms with van der Waals surface area (Å²) >= 11 is 0. The van der Waals surface area contributed by atoms with E-state index < -0.39 is 0 Å². The van der Waals surface area contributed by atoms with E-state index in [1.165, 1.54) is 0 Å². The summed E-state index contributed by atoms with van der Waals surface area (Å²) in [5.41, 5.74) is 6.00. The Kier molecular flexibility index (Phi) is 5.59. The number of nitrogens with zero attached hydrogens (tertiary/aromatic N) is 4. The van der Waals surface area contributed by atoms with Gasteiger partial charge in [-0.3, -0.25) is 4.90 Å². The lowest BCUT2D eigenvalue weighted by molar-refractivity contribution is 0.152. The van der Waals surface area contributed by atoms with Gasteiger partial charge in [0.2, 0.25) is 0 Å². The molecule has 8 heteroatoms. The molecule has 176 valence electrons. The van der Waals surface area contributed by atoms with Crippen LogP contribution < -0.4 is 10.1 Å². The van der Waals surface area contributed by atoms with Crippen LogP contribution >= 0.6 is 0 Å². The molecule has 6 rings (SSSR count). The Hall–Kier alpha value is -4.98. The number of carbonyl (C=O) groups excluding carboxylic acids is 1. The lowest BCUT2D eigenvalue weighted by Gasteiger charge is -2.14. The van der Waals surface area contributed by atoms with Gasteiger partial charge in [-0.2, -0.15) is 0 Å². The second-order valence-corrected chi connectivity index (χ2v) is 8.45. The normalized spacial score (nSPS) is 12.3. The monoisotopic (exact) mass is 474 g/mol. The van der Waals surface area contributed by atoms with Gasteiger partial charge in [-0.1, -0.05) is 42.5 Å². The van der Waals surface area contributed by atoms with Crippen LogP contribution in [0.25, 0.3) is 22.6 Å². The van der Waals surface area contributed by atoms with Crippen molar-refractivity contribution in [1.29, 1.82) is 0 Å². The Labute approximate surface area is 207 Å². The minimum Gasteiger partial charge on any atom is -0.410 e. The summed E-state index contributed by atoms with van der Waals surface area (Å²) in [5, 5.41) is 3.34. The second kappa shape index (κ2) is 9.34. The predicted molar refractivity (Wildman–Crippen MR) is 136 cm³/mol. The van der Waals surface area contributed by atoms with Crippen LogP contribution in [0, 0.1) is 0 Å². The largest absolute Gasteiger partial charge is 0.415 e. The Morgan fingerprint density at radius 2 is 1.72 bits per heavy atom. The molecule has 0 radical (unpaired) electrons. The number of aromatic amines is 1. The van der Waals surface area contributed by atoms with Gasteiger partial charge in [0.05, 0.1) is 18.2 Å². The van der Waals surface area contributed by atoms with E-state index in [4.69, 9.17) is 9.72 Å². The molecule has 2 aromatic heterocycles. The van der Waals surface area contributed by atoms with E-state index >= 15 is 0 Å². The number of amides is 1. The Balaban J connectivity index is 1.15. The van der Waals surface area contributed by atoms with Gasteiger partial charge in [-0.05, 0) is 53.1 Å². The molecular formula is C28H22N6O2. The molecule has 1 amide bonds. The number of nitrogens with one attached hydrogen (secondary N) is 2. The maximum Gasteiger partial charge on any atom is 0.415 e. The number of rotatable bonds is 5. The zero-order valence-corrected chi connectivity index (χ0v) is 19.3. The van der Waals surface area contributed by atoms with Crippen LogP contribution in [0.15, 0.2) is 97.6 Å². The van der Waals surface area contributed by atoms with Crippen LogP contribution in [-0.2, 0) is 13.1 Å². The molecule has 3 heterocycles. The van der Waals surface area contributed by atoms with Crippen molar-refractivity contribution in [3.8, 4) is 28.4 Å². The Morgan fingerprint density at radius 1 is 0.917 bits per heavy atom. The third-order valence-electron chi connectivity index (χ3n) is 6.02. The number of carbonyl (C=O) groups is 1. The summed E-state index contributed by atoms with van der Waals surface area (Å²) in [6.45, 7) is 0.994. The SMILES string of the molecule is O=C(Oc1ccccc1)N1Cc2ccc(-c3nccc(Nc4ccc(-c5cnc[nH]5)cc4)n3)cc2C1. The van der Waals surface area contributed by atoms with Gasteiger partial charge in [0.15, 0.2) is 5.82 Å². The fourth-order valence-corrected chi connectivity index (χ4v) is 4.18. The van der Waals surface area contributed by atoms with E-state index in [2.05, 4.69) is 20.3 Å². The van der Waals surface area contributed by atoms with Crippen LogP contribution in [0.5, 0.6) is 5.75 Å². The van der Waals surface area contributed by atoms with Crippen molar-refractivity contribution in [2.75, 3.05) is 5.32 Å². The quantitative estimate of drug-likeness (QED) is 0.335. The molecule has 36 heavy (non-hydrogen) atoms. The summed E-state index contributed by atoms with van der Waals surface area (Å²) < 4.78 is 5.49. The van der Waals surface area contributed by atoms with Gasteiger partial charge < -0.3 is 15.0 Å². The zero-order valence-electron chi connectivity index (χ0n) is 19.3. The molecule has 2 N–H and O–H groups in total. The number of anilines is 2. The molecule has 0 saturated heterocycles. The van der Waals surface area contributed by atoms with Crippen molar-refractivity contribution >= 4 is 17.6 Å². The average molecular weight is 475 g/mol. The summed E-state index contributed by atoms with van der Waals surface area (Å²) in [4.78, 5) is 30.6. The summed E-state index contributed by atoms with van der Waals surface area (Å²) in [6.07, 6.45) is 4.83. The smallest absolute Gasteiger partial charge is 0.410 e. The third kappa shape index (κ3) is 4.52. The first-order valence-electron chi connectivity index (χ1n) is 11.5. The fourth-order valence-electron chi connectivity index (χ4n) is 4.18. The molecule has 0 atom stereocenters. The molecule has 0 saturated carbocycles. The Bertz CT molecular complexity index is 1500. The molecule has 1 aliphatic heterocycles. The molecule has 0 spiro atoms. The van der Waals surface area contributed by atoms with E-state index in [1.807, 2.05) is 66.7 Å². The van der Waals surface area contributed by atoms with Gasteiger partial charge in [-0.25, -0.2) is 19.7 Å². The molecular weight excluding hydrogens is 452 g/mol. The number of imidazole rings is 1. The van der Waals surface area contributed by atoms with Gasteiger partial charge >= 0.3 is 6.09 Å². The van der Waals surface area contributed by atoms with Gasteiger partial charge in [-0.15, -0.1) is 0 Å².